The van der Waals surface area contributed by atoms with Crippen LogP contribution in [-0.2, 0) is 14.8 Å². The highest BCUT2D eigenvalue weighted by Crippen LogP contribution is 2.10. The van der Waals surface area contributed by atoms with Crippen molar-refractivity contribution < 1.29 is 13.2 Å². The van der Waals surface area contributed by atoms with E-state index >= 15 is 0 Å². The standard InChI is InChI=1S/C19H34N6O3S.HI/c1-3-21-19(24-17-7-13-25(14-8-17)12-5-15-28-2)22-10-11-23-29(26,27)18-6-4-9-20-16-18;/h4,6,9,16-17,23H,3,5,7-8,10-15H2,1-2H3,(H2,21,22,24);1H. The minimum Gasteiger partial charge on any atom is -0.385 e. The van der Waals surface area contributed by atoms with Gasteiger partial charge in [0, 0.05) is 64.9 Å². The molecule has 0 radical (unpaired) electrons. The van der Waals surface area contributed by atoms with Crippen LogP contribution in [0.1, 0.15) is 26.2 Å². The molecule has 172 valence electrons. The molecule has 3 N–H and O–H groups in total. The van der Waals surface area contributed by atoms with Gasteiger partial charge in [-0.2, -0.15) is 0 Å². The summed E-state index contributed by atoms with van der Waals surface area (Å²) >= 11 is 0. The van der Waals surface area contributed by atoms with Gasteiger partial charge in [-0.05, 0) is 38.3 Å². The van der Waals surface area contributed by atoms with E-state index in [0.29, 0.717) is 12.6 Å². The molecule has 1 aliphatic heterocycles. The Morgan fingerprint density at radius 3 is 2.77 bits per heavy atom. The minimum absolute atomic E-state index is 0. The van der Waals surface area contributed by atoms with Crippen LogP contribution in [-0.4, -0.2) is 83.3 Å². The number of guanidine groups is 1. The molecule has 9 nitrogen and oxygen atoms in total. The summed E-state index contributed by atoms with van der Waals surface area (Å²) in [6, 6.07) is 3.49. The number of nitrogens with one attached hydrogen (secondary N) is 3. The molecule has 2 rings (SSSR count). The van der Waals surface area contributed by atoms with Crippen molar-refractivity contribution in [3.8, 4) is 0 Å². The maximum Gasteiger partial charge on any atom is 0.242 e. The van der Waals surface area contributed by atoms with Gasteiger partial charge in [0.05, 0.1) is 6.54 Å². The smallest absolute Gasteiger partial charge is 0.242 e. The van der Waals surface area contributed by atoms with Crippen LogP contribution >= 0.6 is 24.0 Å². The largest absolute Gasteiger partial charge is 0.385 e. The van der Waals surface area contributed by atoms with Gasteiger partial charge in [-0.25, -0.2) is 13.1 Å². The Morgan fingerprint density at radius 1 is 1.37 bits per heavy atom. The number of halogens is 1. The van der Waals surface area contributed by atoms with Crippen LogP contribution in [0.25, 0.3) is 0 Å². The lowest BCUT2D eigenvalue weighted by Crippen LogP contribution is -2.49. The molecule has 1 aromatic rings. The number of likely N-dealkylation sites (tertiary alicyclic amines) is 1. The topological polar surface area (TPSA) is 108 Å². The monoisotopic (exact) mass is 554 g/mol. The quantitative estimate of drug-likeness (QED) is 0.162. The first-order valence-corrected chi connectivity index (χ1v) is 11.7. The summed E-state index contributed by atoms with van der Waals surface area (Å²) in [6.45, 7) is 7.35. The Bertz CT molecular complexity index is 712. The van der Waals surface area contributed by atoms with Crippen LogP contribution in [0.5, 0.6) is 0 Å². The summed E-state index contributed by atoms with van der Waals surface area (Å²) in [6.07, 6.45) is 6.06. The maximum atomic E-state index is 12.2. The molecule has 0 aliphatic carbocycles. The molecule has 0 amide bonds. The number of nitrogens with zero attached hydrogens (tertiary/aromatic N) is 3. The Kier molecular flexibility index (Phi) is 13.4. The van der Waals surface area contributed by atoms with Gasteiger partial charge in [-0.3, -0.25) is 9.98 Å². The molecule has 0 bridgehead atoms. The zero-order valence-electron chi connectivity index (χ0n) is 17.8. The summed E-state index contributed by atoms with van der Waals surface area (Å²) in [7, 11) is -1.81. The Balaban J connectivity index is 0.00000450. The zero-order valence-corrected chi connectivity index (χ0v) is 21.0. The first kappa shape index (κ1) is 27.0. The van der Waals surface area contributed by atoms with E-state index in [1.807, 2.05) is 6.92 Å². The molecule has 30 heavy (non-hydrogen) atoms. The Hall–Kier alpha value is -1.02. The highest BCUT2D eigenvalue weighted by atomic mass is 127. The highest BCUT2D eigenvalue weighted by molar-refractivity contribution is 14.0. The van der Waals surface area contributed by atoms with E-state index in [0.717, 1.165) is 58.0 Å². The normalized spacial score (nSPS) is 16.1. The molecule has 0 aromatic carbocycles. The molecular formula is C19H35IN6O3S. The first-order chi connectivity index (χ1) is 14.0. The van der Waals surface area contributed by atoms with Crippen molar-refractivity contribution in [3.63, 3.8) is 0 Å². The van der Waals surface area contributed by atoms with Gasteiger partial charge in [0.25, 0.3) is 0 Å². The fraction of sp³-hybridized carbons (Fsp3) is 0.684. The van der Waals surface area contributed by atoms with Crippen molar-refractivity contribution in [2.75, 3.05) is 53.0 Å². The number of ether oxygens (including phenoxy) is 1. The number of aromatic nitrogens is 1. The second kappa shape index (κ2) is 14.9. The van der Waals surface area contributed by atoms with Crippen LogP contribution in [0.15, 0.2) is 34.4 Å². The number of methoxy groups -OCH3 is 1. The molecule has 1 aromatic heterocycles. The number of rotatable bonds is 11. The zero-order chi connectivity index (χ0) is 21.0. The number of hydrogen-bond donors (Lipinski definition) is 3. The number of sulfonamides is 1. The van der Waals surface area contributed by atoms with E-state index in [9.17, 15) is 8.42 Å². The predicted molar refractivity (Wildman–Crippen MR) is 130 cm³/mol. The van der Waals surface area contributed by atoms with Gasteiger partial charge in [-0.15, -0.1) is 24.0 Å². The fourth-order valence-corrected chi connectivity index (χ4v) is 4.17. The van der Waals surface area contributed by atoms with Gasteiger partial charge >= 0.3 is 0 Å². The summed E-state index contributed by atoms with van der Waals surface area (Å²) < 4.78 is 32.1. The summed E-state index contributed by atoms with van der Waals surface area (Å²) in [5.74, 6) is 0.728. The van der Waals surface area contributed by atoms with Crippen LogP contribution in [0, 0.1) is 0 Å². The highest BCUT2D eigenvalue weighted by Gasteiger charge is 2.19. The first-order valence-electron chi connectivity index (χ1n) is 10.2. The van der Waals surface area contributed by atoms with Crippen molar-refractivity contribution in [2.45, 2.75) is 37.1 Å². The van der Waals surface area contributed by atoms with Crippen molar-refractivity contribution in [1.29, 1.82) is 0 Å². The molecule has 1 aliphatic rings. The average molecular weight is 554 g/mol. The maximum absolute atomic E-state index is 12.2. The molecule has 1 fully saturated rings. The van der Waals surface area contributed by atoms with Gasteiger partial charge < -0.3 is 20.3 Å². The predicted octanol–water partition coefficient (Wildman–Crippen LogP) is 1.03. The molecule has 0 atom stereocenters. The van der Waals surface area contributed by atoms with Gasteiger partial charge in [0.15, 0.2) is 5.96 Å². The second-order valence-electron chi connectivity index (χ2n) is 6.95. The Labute approximate surface area is 197 Å². The van der Waals surface area contributed by atoms with E-state index < -0.39 is 10.0 Å². The van der Waals surface area contributed by atoms with Crippen LogP contribution in [0.2, 0.25) is 0 Å². The Morgan fingerprint density at radius 2 is 2.13 bits per heavy atom. The number of piperidine rings is 1. The van der Waals surface area contributed by atoms with Crippen LogP contribution in [0.4, 0.5) is 0 Å². The molecule has 0 saturated carbocycles. The lowest BCUT2D eigenvalue weighted by molar-refractivity contribution is 0.155. The van der Waals surface area contributed by atoms with E-state index in [-0.39, 0.29) is 35.4 Å². The molecule has 0 spiro atoms. The third-order valence-corrected chi connectivity index (χ3v) is 6.16. The number of hydrogen-bond acceptors (Lipinski definition) is 6. The van der Waals surface area contributed by atoms with Crippen LogP contribution in [0.3, 0.4) is 0 Å². The lowest BCUT2D eigenvalue weighted by atomic mass is 10.1. The van der Waals surface area contributed by atoms with E-state index in [1.54, 1.807) is 19.4 Å². The molecular weight excluding hydrogens is 519 g/mol. The summed E-state index contributed by atoms with van der Waals surface area (Å²) in [5.41, 5.74) is 0. The lowest BCUT2D eigenvalue weighted by Gasteiger charge is -2.33. The van der Waals surface area contributed by atoms with Crippen molar-refractivity contribution in [3.05, 3.63) is 24.5 Å². The number of pyridine rings is 1. The average Bonchev–Trinajstić information content (AvgIpc) is 2.73. The third-order valence-electron chi connectivity index (χ3n) is 4.71. The molecule has 1 saturated heterocycles. The molecule has 11 heteroatoms. The summed E-state index contributed by atoms with van der Waals surface area (Å²) in [5, 5.41) is 6.71. The van der Waals surface area contributed by atoms with Crippen molar-refractivity contribution >= 4 is 40.0 Å². The van der Waals surface area contributed by atoms with Gasteiger partial charge in [0.1, 0.15) is 4.90 Å². The van der Waals surface area contributed by atoms with Crippen molar-refractivity contribution in [1.82, 2.24) is 25.2 Å². The van der Waals surface area contributed by atoms with Crippen LogP contribution < -0.4 is 15.4 Å². The second-order valence-corrected chi connectivity index (χ2v) is 8.72. The minimum atomic E-state index is -3.55. The molecule has 2 heterocycles. The molecule has 0 unspecified atom stereocenters. The van der Waals surface area contributed by atoms with Crippen molar-refractivity contribution in [2.24, 2.45) is 4.99 Å². The van der Waals surface area contributed by atoms with E-state index in [2.05, 4.69) is 30.2 Å². The summed E-state index contributed by atoms with van der Waals surface area (Å²) in [4.78, 5) is 11.0. The van der Waals surface area contributed by atoms with Gasteiger partial charge in [-0.1, -0.05) is 0 Å². The van der Waals surface area contributed by atoms with Gasteiger partial charge in [0.2, 0.25) is 10.0 Å². The fourth-order valence-electron chi connectivity index (χ4n) is 3.18. The SMILES string of the molecule is CCNC(=NCCNS(=O)(=O)c1cccnc1)NC1CCN(CCCOC)CC1.I. The van der Waals surface area contributed by atoms with E-state index in [4.69, 9.17) is 4.74 Å². The third kappa shape index (κ3) is 9.86. The number of aliphatic imine (C=N–C) groups is 1. The van der Waals surface area contributed by atoms with E-state index in [1.165, 1.54) is 12.3 Å².